The maximum absolute atomic E-state index is 12.4. The number of para-hydroxylation sites is 1. The molecule has 1 fully saturated rings. The van der Waals surface area contributed by atoms with Gasteiger partial charge < -0.3 is 32.1 Å². The summed E-state index contributed by atoms with van der Waals surface area (Å²) in [5.74, 6) is -1.05. The fraction of sp³-hybridized carbons (Fsp3) is 0.360. The van der Waals surface area contributed by atoms with E-state index in [9.17, 15) is 19.5 Å². The van der Waals surface area contributed by atoms with Crippen LogP contribution >= 0.6 is 11.3 Å². The molecule has 0 radical (unpaired) electrons. The van der Waals surface area contributed by atoms with Gasteiger partial charge in [-0.3, -0.25) is 9.59 Å². The topological polar surface area (TPSA) is 164 Å². The number of pyridine rings is 1. The molecule has 36 heavy (non-hydrogen) atoms. The van der Waals surface area contributed by atoms with Gasteiger partial charge in [-0.2, -0.15) is 0 Å². The van der Waals surface area contributed by atoms with Crippen LogP contribution in [0.1, 0.15) is 51.8 Å². The van der Waals surface area contributed by atoms with Crippen molar-refractivity contribution in [2.45, 2.75) is 38.6 Å². The van der Waals surface area contributed by atoms with Gasteiger partial charge in [0, 0.05) is 24.5 Å². The monoisotopic (exact) mass is 510 g/mol. The number of nitrogens with two attached hydrogens (primary N) is 2. The Morgan fingerprint density at radius 2 is 1.94 bits per heavy atom. The lowest BCUT2D eigenvalue weighted by molar-refractivity contribution is -0.115. The first-order valence-electron chi connectivity index (χ1n) is 11.9. The average molecular weight is 511 g/mol. The zero-order valence-electron chi connectivity index (χ0n) is 20.0. The Bertz CT molecular complexity index is 1300. The van der Waals surface area contributed by atoms with Crippen LogP contribution in [-0.2, 0) is 11.2 Å². The Morgan fingerprint density at radius 3 is 2.61 bits per heavy atom. The number of aryl methyl sites for hydroxylation is 1. The Kier molecular flexibility index (Phi) is 7.70. The van der Waals surface area contributed by atoms with E-state index in [1.807, 2.05) is 6.07 Å². The molecule has 1 aliphatic heterocycles. The number of nitrogens with one attached hydrogen (secondary N) is 2. The first-order valence-corrected chi connectivity index (χ1v) is 12.7. The molecule has 4 rings (SSSR count). The molecular weight excluding hydrogens is 480 g/mol. The standard InChI is InChI=1S/C25H30N6O4S/c1-2-5-14-12-18(30-24-20(14)21(26)22(36-24)25(34)35)31-10-8-15(9-11-31)28-13-19(32)29-17-7-4-3-6-16(17)23(27)33/h3-4,6-7,12,15,28H,2,5,8-11,13,26H2,1H3,(H2,27,33)(H,29,32)(H,34,35). The molecule has 2 aromatic heterocycles. The van der Waals surface area contributed by atoms with E-state index in [1.165, 1.54) is 0 Å². The molecule has 7 N–H and O–H groups in total. The normalized spacial score (nSPS) is 14.2. The lowest BCUT2D eigenvalue weighted by atomic mass is 10.0. The quantitative estimate of drug-likeness (QED) is 0.293. The second kappa shape index (κ2) is 10.9. The third-order valence-electron chi connectivity index (χ3n) is 6.32. The molecule has 11 heteroatoms. The second-order valence-corrected chi connectivity index (χ2v) is 9.82. The summed E-state index contributed by atoms with van der Waals surface area (Å²) in [6, 6.07) is 8.83. The smallest absolute Gasteiger partial charge is 0.348 e. The van der Waals surface area contributed by atoms with Crippen LogP contribution in [0.15, 0.2) is 30.3 Å². The summed E-state index contributed by atoms with van der Waals surface area (Å²) in [6.07, 6.45) is 3.34. The van der Waals surface area contributed by atoms with E-state index in [4.69, 9.17) is 16.5 Å². The lowest BCUT2D eigenvalue weighted by Gasteiger charge is -2.33. The van der Waals surface area contributed by atoms with E-state index in [2.05, 4.69) is 22.5 Å². The molecule has 1 saturated heterocycles. The van der Waals surface area contributed by atoms with Crippen LogP contribution in [0, 0.1) is 0 Å². The third-order valence-corrected chi connectivity index (χ3v) is 7.40. The zero-order chi connectivity index (χ0) is 25.8. The number of carboxylic acids is 1. The highest BCUT2D eigenvalue weighted by atomic mass is 32.1. The van der Waals surface area contributed by atoms with Gasteiger partial charge in [0.1, 0.15) is 15.5 Å². The van der Waals surface area contributed by atoms with Crippen molar-refractivity contribution in [3.8, 4) is 0 Å². The number of piperidine rings is 1. The number of hydrogen-bond acceptors (Lipinski definition) is 8. The van der Waals surface area contributed by atoms with Gasteiger partial charge in [-0.1, -0.05) is 25.5 Å². The number of thiophene rings is 1. The van der Waals surface area contributed by atoms with Crippen molar-refractivity contribution in [2.75, 3.05) is 35.6 Å². The molecule has 1 aliphatic rings. The maximum Gasteiger partial charge on any atom is 0.348 e. The Morgan fingerprint density at radius 1 is 1.22 bits per heavy atom. The number of primary amides is 1. The summed E-state index contributed by atoms with van der Waals surface area (Å²) in [7, 11) is 0. The molecule has 10 nitrogen and oxygen atoms in total. The summed E-state index contributed by atoms with van der Waals surface area (Å²) in [6.45, 7) is 3.70. The number of rotatable bonds is 9. The Balaban J connectivity index is 1.38. The van der Waals surface area contributed by atoms with Crippen molar-refractivity contribution >= 4 is 56.5 Å². The summed E-state index contributed by atoms with van der Waals surface area (Å²) in [5, 5.41) is 16.3. The van der Waals surface area contributed by atoms with Gasteiger partial charge >= 0.3 is 5.97 Å². The second-order valence-electron chi connectivity index (χ2n) is 8.82. The molecule has 3 aromatic rings. The fourth-order valence-electron chi connectivity index (χ4n) is 4.52. The van der Waals surface area contributed by atoms with Gasteiger partial charge in [-0.05, 0) is 43.0 Å². The van der Waals surface area contributed by atoms with E-state index in [-0.39, 0.29) is 28.9 Å². The van der Waals surface area contributed by atoms with Gasteiger partial charge in [0.05, 0.1) is 23.5 Å². The van der Waals surface area contributed by atoms with Crippen LogP contribution in [-0.4, -0.2) is 53.6 Å². The molecule has 0 bridgehead atoms. The SMILES string of the molecule is CCCc1cc(N2CCC(NCC(=O)Nc3ccccc3C(N)=O)CC2)nc2sc(C(=O)O)c(N)c12. The molecule has 3 heterocycles. The van der Waals surface area contributed by atoms with Crippen molar-refractivity contribution < 1.29 is 19.5 Å². The minimum absolute atomic E-state index is 0.120. The first kappa shape index (κ1) is 25.4. The number of hydrogen-bond donors (Lipinski definition) is 5. The van der Waals surface area contributed by atoms with Gasteiger partial charge in [0.2, 0.25) is 5.91 Å². The van der Waals surface area contributed by atoms with Gasteiger partial charge in [0.25, 0.3) is 5.91 Å². The van der Waals surface area contributed by atoms with Crippen molar-refractivity contribution in [2.24, 2.45) is 5.73 Å². The predicted octanol–water partition coefficient (Wildman–Crippen LogP) is 2.83. The number of aromatic nitrogens is 1. The van der Waals surface area contributed by atoms with E-state index >= 15 is 0 Å². The number of carbonyl (C=O) groups excluding carboxylic acids is 2. The summed E-state index contributed by atoms with van der Waals surface area (Å²) < 4.78 is 0. The Labute approximate surface area is 212 Å². The largest absolute Gasteiger partial charge is 0.477 e. The van der Waals surface area contributed by atoms with Crippen molar-refractivity contribution in [1.82, 2.24) is 10.3 Å². The van der Waals surface area contributed by atoms with Crippen LogP contribution in [0.25, 0.3) is 10.2 Å². The number of carbonyl (C=O) groups is 3. The fourth-order valence-corrected chi connectivity index (χ4v) is 5.50. The van der Waals surface area contributed by atoms with E-state index in [1.54, 1.807) is 24.3 Å². The molecule has 0 atom stereocenters. The van der Waals surface area contributed by atoms with E-state index in [0.717, 1.165) is 66.9 Å². The molecular formula is C25H30N6O4S. The minimum Gasteiger partial charge on any atom is -0.477 e. The molecule has 0 aliphatic carbocycles. The first-order chi connectivity index (χ1) is 17.3. The predicted molar refractivity (Wildman–Crippen MR) is 142 cm³/mol. The molecule has 0 spiro atoms. The highest BCUT2D eigenvalue weighted by Gasteiger charge is 2.24. The van der Waals surface area contributed by atoms with Crippen molar-refractivity contribution in [3.63, 3.8) is 0 Å². The number of carboxylic acid groups (broad SMARTS) is 1. The lowest BCUT2D eigenvalue weighted by Crippen LogP contribution is -2.45. The highest BCUT2D eigenvalue weighted by molar-refractivity contribution is 7.21. The number of amides is 2. The summed E-state index contributed by atoms with van der Waals surface area (Å²) in [4.78, 5) is 43.3. The maximum atomic E-state index is 12.4. The molecule has 2 amide bonds. The summed E-state index contributed by atoms with van der Waals surface area (Å²) >= 11 is 1.12. The average Bonchev–Trinajstić information content (AvgIpc) is 3.20. The zero-order valence-corrected chi connectivity index (χ0v) is 20.9. The number of nitrogens with zero attached hydrogens (tertiary/aromatic N) is 2. The van der Waals surface area contributed by atoms with Crippen molar-refractivity contribution in [1.29, 1.82) is 0 Å². The number of anilines is 3. The number of nitrogen functional groups attached to an aromatic ring is 1. The van der Waals surface area contributed by atoms with Crippen LogP contribution in [0.5, 0.6) is 0 Å². The van der Waals surface area contributed by atoms with Crippen molar-refractivity contribution in [3.05, 3.63) is 46.3 Å². The summed E-state index contributed by atoms with van der Waals surface area (Å²) in [5.41, 5.74) is 13.5. The highest BCUT2D eigenvalue weighted by Crippen LogP contribution is 2.37. The van der Waals surface area contributed by atoms with Crippen LogP contribution in [0.3, 0.4) is 0 Å². The third kappa shape index (κ3) is 5.42. The minimum atomic E-state index is -1.03. The van der Waals surface area contributed by atoms with Gasteiger partial charge in [0.15, 0.2) is 0 Å². The van der Waals surface area contributed by atoms with Crippen LogP contribution in [0.4, 0.5) is 17.2 Å². The van der Waals surface area contributed by atoms with E-state index < -0.39 is 11.9 Å². The number of aromatic carboxylic acids is 1. The Hall–Kier alpha value is -3.70. The molecule has 190 valence electrons. The molecule has 0 saturated carbocycles. The van der Waals surface area contributed by atoms with Gasteiger partial charge in [-0.25, -0.2) is 9.78 Å². The van der Waals surface area contributed by atoms with Gasteiger partial charge in [-0.15, -0.1) is 11.3 Å². The van der Waals surface area contributed by atoms with E-state index in [0.29, 0.717) is 16.2 Å². The molecule has 1 aromatic carbocycles. The molecule has 0 unspecified atom stereocenters. The van der Waals surface area contributed by atoms with Crippen LogP contribution < -0.4 is 27.0 Å². The number of benzene rings is 1. The van der Waals surface area contributed by atoms with Crippen LogP contribution in [0.2, 0.25) is 0 Å². The number of fused-ring (bicyclic) bond motifs is 1.